The van der Waals surface area contributed by atoms with Crippen LogP contribution in [0.4, 0.5) is 0 Å². The molecule has 2 aliphatic rings. The van der Waals surface area contributed by atoms with Crippen molar-refractivity contribution in [3.05, 3.63) is 47.3 Å². The van der Waals surface area contributed by atoms with Gasteiger partial charge in [0.15, 0.2) is 5.70 Å². The van der Waals surface area contributed by atoms with Crippen LogP contribution in [0.5, 0.6) is 0 Å². The molecule has 0 radical (unpaired) electrons. The second-order valence-electron chi connectivity index (χ2n) is 6.02. The molecule has 0 unspecified atom stereocenters. The third kappa shape index (κ3) is 3.05. The topological polar surface area (TPSA) is 84.0 Å². The highest BCUT2D eigenvalue weighted by Crippen LogP contribution is 2.32. The van der Waals surface area contributed by atoms with Gasteiger partial charge in [-0.25, -0.2) is 0 Å². The lowest BCUT2D eigenvalue weighted by atomic mass is 9.79. The average molecular weight is 305 g/mol. The molecule has 0 aromatic heterocycles. The van der Waals surface area contributed by atoms with Crippen LogP contribution in [0, 0.1) is 22.7 Å². The van der Waals surface area contributed by atoms with Crippen molar-refractivity contribution in [1.29, 1.82) is 10.5 Å². The lowest BCUT2D eigenvalue weighted by molar-refractivity contribution is 0.323. The van der Waals surface area contributed by atoms with E-state index in [0.717, 1.165) is 37.1 Å². The zero-order valence-corrected chi connectivity index (χ0v) is 13.0. The Balaban J connectivity index is 1.93. The summed E-state index contributed by atoms with van der Waals surface area (Å²) in [6, 6.07) is 14.2. The van der Waals surface area contributed by atoms with Gasteiger partial charge >= 0.3 is 0 Å². The molecule has 1 aromatic carbocycles. The van der Waals surface area contributed by atoms with Gasteiger partial charge in [0.2, 0.25) is 0 Å². The zero-order valence-electron chi connectivity index (χ0n) is 13.0. The molecule has 1 spiro atoms. The van der Waals surface area contributed by atoms with Gasteiger partial charge in [0.05, 0.1) is 12.1 Å². The summed E-state index contributed by atoms with van der Waals surface area (Å²) in [4.78, 5) is 4.75. The summed E-state index contributed by atoms with van der Waals surface area (Å²) >= 11 is 0. The molecule has 0 amide bonds. The fourth-order valence-electron chi connectivity index (χ4n) is 3.29. The maximum Gasteiger partial charge on any atom is 0.153 e. The molecule has 23 heavy (non-hydrogen) atoms. The van der Waals surface area contributed by atoms with Crippen LogP contribution in [-0.4, -0.2) is 11.4 Å². The molecule has 0 saturated heterocycles. The number of hydrogen-bond donors (Lipinski definition) is 2. The molecule has 2 N–H and O–H groups in total. The molecule has 1 saturated carbocycles. The van der Waals surface area contributed by atoms with Gasteiger partial charge < -0.3 is 10.6 Å². The number of nitriles is 2. The molecule has 5 nitrogen and oxygen atoms in total. The third-order valence-electron chi connectivity index (χ3n) is 4.50. The Morgan fingerprint density at radius 1 is 1.00 bits per heavy atom. The Kier molecular flexibility index (Phi) is 4.30. The van der Waals surface area contributed by atoms with Crippen LogP contribution in [0.1, 0.15) is 37.7 Å². The van der Waals surface area contributed by atoms with Crippen molar-refractivity contribution in [2.24, 2.45) is 4.99 Å². The third-order valence-corrected chi connectivity index (χ3v) is 4.50. The van der Waals surface area contributed by atoms with Crippen molar-refractivity contribution in [3.63, 3.8) is 0 Å². The summed E-state index contributed by atoms with van der Waals surface area (Å²) in [5, 5.41) is 25.0. The van der Waals surface area contributed by atoms with Gasteiger partial charge in [-0.15, -0.1) is 0 Å². The number of hydrogen-bond acceptors (Lipinski definition) is 4. The number of amidine groups is 1. The zero-order chi connectivity index (χ0) is 16.1. The smallest absolute Gasteiger partial charge is 0.153 e. The minimum Gasteiger partial charge on any atom is -0.362 e. The highest BCUT2D eigenvalue weighted by atomic mass is 15.2. The van der Waals surface area contributed by atoms with E-state index in [-0.39, 0.29) is 11.2 Å². The number of allylic oxidation sites excluding steroid dienone is 2. The number of rotatable bonds is 2. The molecular weight excluding hydrogens is 286 g/mol. The summed E-state index contributed by atoms with van der Waals surface area (Å²) in [5.41, 5.74) is 1.38. The first-order valence-electron chi connectivity index (χ1n) is 7.96. The molecule has 0 atom stereocenters. The molecular formula is C18H19N5. The van der Waals surface area contributed by atoms with Gasteiger partial charge in [0.25, 0.3) is 0 Å². The van der Waals surface area contributed by atoms with Gasteiger partial charge in [-0.2, -0.15) is 10.5 Å². The molecule has 5 heteroatoms. The molecule has 1 fully saturated rings. The van der Waals surface area contributed by atoms with E-state index in [1.165, 1.54) is 6.42 Å². The maximum absolute atomic E-state index is 9.30. The van der Waals surface area contributed by atoms with Crippen molar-refractivity contribution < 1.29 is 0 Å². The first-order chi connectivity index (χ1) is 11.3. The predicted octanol–water partition coefficient (Wildman–Crippen LogP) is 2.74. The van der Waals surface area contributed by atoms with Gasteiger partial charge in [0, 0.05) is 0 Å². The Bertz CT molecular complexity index is 712. The van der Waals surface area contributed by atoms with Gasteiger partial charge in [-0.05, 0) is 18.4 Å². The van der Waals surface area contributed by atoms with E-state index in [1.54, 1.807) is 0 Å². The fourth-order valence-corrected chi connectivity index (χ4v) is 3.29. The second kappa shape index (κ2) is 6.54. The number of nitrogens with zero attached hydrogens (tertiary/aromatic N) is 3. The quantitative estimate of drug-likeness (QED) is 0.880. The van der Waals surface area contributed by atoms with E-state index in [1.807, 2.05) is 30.3 Å². The van der Waals surface area contributed by atoms with Gasteiger partial charge in [-0.3, -0.25) is 4.99 Å². The Morgan fingerprint density at radius 2 is 1.70 bits per heavy atom. The Labute approximate surface area is 136 Å². The number of nitrogens with one attached hydrogen (secondary N) is 2. The second-order valence-corrected chi connectivity index (χ2v) is 6.02. The first-order valence-corrected chi connectivity index (χ1v) is 7.96. The van der Waals surface area contributed by atoms with Crippen molar-refractivity contribution >= 4 is 5.84 Å². The summed E-state index contributed by atoms with van der Waals surface area (Å²) in [7, 11) is 0. The van der Waals surface area contributed by atoms with Crippen molar-refractivity contribution in [2.45, 2.75) is 44.2 Å². The lowest BCUT2D eigenvalue weighted by Gasteiger charge is -2.42. The molecule has 3 rings (SSSR count). The standard InChI is InChI=1S/C18H19N5/c19-11-15-16(12-20)23-18(9-5-2-6-10-18)17(22-15)21-13-14-7-3-1-4-8-14/h1,3-4,7-8,23H,2,5-6,9-10,13H2,(H,21,22). The minimum atomic E-state index is -0.335. The molecule has 1 heterocycles. The van der Waals surface area contributed by atoms with Crippen LogP contribution in [0.15, 0.2) is 46.7 Å². The maximum atomic E-state index is 9.30. The van der Waals surface area contributed by atoms with E-state index in [9.17, 15) is 10.5 Å². The monoisotopic (exact) mass is 305 g/mol. The lowest BCUT2D eigenvalue weighted by Crippen LogP contribution is -2.61. The Hall–Kier alpha value is -2.79. The van der Waals surface area contributed by atoms with E-state index in [0.29, 0.717) is 12.2 Å². The summed E-state index contributed by atoms with van der Waals surface area (Å²) < 4.78 is 0. The van der Waals surface area contributed by atoms with Crippen LogP contribution in [0.25, 0.3) is 0 Å². The van der Waals surface area contributed by atoms with Crippen LogP contribution in [0.2, 0.25) is 0 Å². The largest absolute Gasteiger partial charge is 0.362 e. The highest BCUT2D eigenvalue weighted by molar-refractivity contribution is 5.95. The van der Waals surface area contributed by atoms with Crippen LogP contribution in [0.3, 0.4) is 0 Å². The molecule has 1 aromatic rings. The predicted molar refractivity (Wildman–Crippen MR) is 87.9 cm³/mol. The van der Waals surface area contributed by atoms with E-state index >= 15 is 0 Å². The first kappa shape index (κ1) is 15.1. The van der Waals surface area contributed by atoms with E-state index in [4.69, 9.17) is 4.99 Å². The van der Waals surface area contributed by atoms with Crippen molar-refractivity contribution in [3.8, 4) is 12.1 Å². The van der Waals surface area contributed by atoms with Gasteiger partial charge in [-0.1, -0.05) is 49.6 Å². The van der Waals surface area contributed by atoms with Crippen LogP contribution < -0.4 is 10.6 Å². The summed E-state index contributed by atoms with van der Waals surface area (Å²) in [5.74, 6) is 0.789. The number of aliphatic imine (C=N–C) groups is 1. The summed E-state index contributed by atoms with van der Waals surface area (Å²) in [6.07, 6.45) is 5.25. The van der Waals surface area contributed by atoms with Crippen LogP contribution in [-0.2, 0) is 6.54 Å². The fraction of sp³-hybridized carbons (Fsp3) is 0.389. The SMILES string of the molecule is N#CC1=C(C#N)NC2(CCCCC2)C(=NCc2ccccc2)N1. The Morgan fingerprint density at radius 3 is 2.35 bits per heavy atom. The number of benzene rings is 1. The molecule has 0 bridgehead atoms. The molecule has 1 aliphatic carbocycles. The van der Waals surface area contributed by atoms with Gasteiger partial charge in [0.1, 0.15) is 23.7 Å². The summed E-state index contributed by atoms with van der Waals surface area (Å²) in [6.45, 7) is 0.563. The van der Waals surface area contributed by atoms with E-state index in [2.05, 4.69) is 22.8 Å². The molecule has 1 aliphatic heterocycles. The average Bonchev–Trinajstić information content (AvgIpc) is 2.62. The normalized spacial score (nSPS) is 21.2. The van der Waals surface area contributed by atoms with Crippen molar-refractivity contribution in [1.82, 2.24) is 10.6 Å². The highest BCUT2D eigenvalue weighted by Gasteiger charge is 2.41. The van der Waals surface area contributed by atoms with E-state index < -0.39 is 0 Å². The van der Waals surface area contributed by atoms with Crippen molar-refractivity contribution in [2.75, 3.05) is 0 Å². The van der Waals surface area contributed by atoms with Crippen LogP contribution >= 0.6 is 0 Å². The molecule has 116 valence electrons. The minimum absolute atomic E-state index is 0.260.